The van der Waals surface area contributed by atoms with Crippen molar-refractivity contribution in [3.63, 3.8) is 0 Å². The van der Waals surface area contributed by atoms with E-state index >= 15 is 0 Å². The van der Waals surface area contributed by atoms with Crippen molar-refractivity contribution in [3.05, 3.63) is 22.2 Å². The Balaban J connectivity index is 3.43. The monoisotopic (exact) mass is 243 g/mol. The molecule has 0 heterocycles. The van der Waals surface area contributed by atoms with Crippen LogP contribution in [-0.4, -0.2) is 20.8 Å². The highest BCUT2D eigenvalue weighted by molar-refractivity contribution is 6.33. The highest BCUT2D eigenvalue weighted by atomic mass is 35.5. The molecule has 0 fully saturated rings. The number of rotatable bonds is 4. The SMILES string of the molecule is COc1cc(C)c(OC)c(Cl)c1C(C)CN. The molecule has 90 valence electrons. The predicted octanol–water partition coefficient (Wildman–Crippen LogP) is 2.73. The molecular weight excluding hydrogens is 226 g/mol. The van der Waals surface area contributed by atoms with Crippen molar-refractivity contribution in [2.24, 2.45) is 5.73 Å². The molecule has 0 aliphatic heterocycles. The van der Waals surface area contributed by atoms with Gasteiger partial charge in [0.2, 0.25) is 0 Å². The minimum Gasteiger partial charge on any atom is -0.496 e. The topological polar surface area (TPSA) is 44.5 Å². The van der Waals surface area contributed by atoms with Gasteiger partial charge in [0, 0.05) is 5.56 Å². The molecule has 0 aliphatic carbocycles. The van der Waals surface area contributed by atoms with Crippen LogP contribution in [0.2, 0.25) is 5.02 Å². The standard InChI is InChI=1S/C12H18ClNO2/c1-7-5-9(15-3)10(8(2)6-14)11(13)12(7)16-4/h5,8H,6,14H2,1-4H3. The fourth-order valence-corrected chi connectivity index (χ4v) is 2.25. The zero-order chi connectivity index (χ0) is 12.3. The Morgan fingerprint density at radius 1 is 1.38 bits per heavy atom. The van der Waals surface area contributed by atoms with E-state index in [-0.39, 0.29) is 5.92 Å². The molecule has 1 aromatic rings. The number of benzene rings is 1. The Morgan fingerprint density at radius 3 is 2.44 bits per heavy atom. The first-order valence-electron chi connectivity index (χ1n) is 5.17. The van der Waals surface area contributed by atoms with Gasteiger partial charge in [-0.15, -0.1) is 0 Å². The Bertz CT molecular complexity index is 380. The lowest BCUT2D eigenvalue weighted by atomic mass is 9.98. The minimum atomic E-state index is 0.136. The average molecular weight is 244 g/mol. The van der Waals surface area contributed by atoms with Crippen LogP contribution in [-0.2, 0) is 0 Å². The van der Waals surface area contributed by atoms with Gasteiger partial charge in [-0.2, -0.15) is 0 Å². The Labute approximate surface area is 101 Å². The molecule has 4 heteroatoms. The van der Waals surface area contributed by atoms with Crippen molar-refractivity contribution in [3.8, 4) is 11.5 Å². The van der Waals surface area contributed by atoms with Crippen molar-refractivity contribution in [2.75, 3.05) is 20.8 Å². The van der Waals surface area contributed by atoms with Crippen LogP contribution >= 0.6 is 11.6 Å². The number of hydrogen-bond acceptors (Lipinski definition) is 3. The third-order valence-electron chi connectivity index (χ3n) is 2.68. The van der Waals surface area contributed by atoms with Crippen molar-refractivity contribution in [2.45, 2.75) is 19.8 Å². The maximum absolute atomic E-state index is 6.31. The highest BCUT2D eigenvalue weighted by Gasteiger charge is 2.20. The molecule has 3 nitrogen and oxygen atoms in total. The lowest BCUT2D eigenvalue weighted by Gasteiger charge is -2.19. The zero-order valence-corrected chi connectivity index (χ0v) is 10.9. The molecule has 0 spiro atoms. The summed E-state index contributed by atoms with van der Waals surface area (Å²) in [6.07, 6.45) is 0. The molecule has 2 N–H and O–H groups in total. The molecule has 16 heavy (non-hydrogen) atoms. The average Bonchev–Trinajstić information content (AvgIpc) is 2.27. The number of ether oxygens (including phenoxy) is 2. The van der Waals surface area contributed by atoms with E-state index in [1.54, 1.807) is 14.2 Å². The summed E-state index contributed by atoms with van der Waals surface area (Å²) in [5.74, 6) is 1.59. The zero-order valence-electron chi connectivity index (χ0n) is 10.1. The number of methoxy groups -OCH3 is 2. The molecule has 0 bridgehead atoms. The van der Waals surface area contributed by atoms with Crippen LogP contribution in [0.5, 0.6) is 11.5 Å². The maximum Gasteiger partial charge on any atom is 0.140 e. The molecule has 1 atom stereocenters. The third kappa shape index (κ3) is 2.25. The molecular formula is C12H18ClNO2. The van der Waals surface area contributed by atoms with Crippen LogP contribution < -0.4 is 15.2 Å². The van der Waals surface area contributed by atoms with Gasteiger partial charge in [0.05, 0.1) is 19.2 Å². The van der Waals surface area contributed by atoms with Crippen LogP contribution in [0, 0.1) is 6.92 Å². The lowest BCUT2D eigenvalue weighted by molar-refractivity contribution is 0.394. The first kappa shape index (κ1) is 13.1. The molecule has 0 amide bonds. The quantitative estimate of drug-likeness (QED) is 0.885. The summed E-state index contributed by atoms with van der Waals surface area (Å²) >= 11 is 6.31. The van der Waals surface area contributed by atoms with Gasteiger partial charge in [0.15, 0.2) is 0 Å². The van der Waals surface area contributed by atoms with Crippen molar-refractivity contribution >= 4 is 11.6 Å². The van der Waals surface area contributed by atoms with Gasteiger partial charge in [-0.1, -0.05) is 18.5 Å². The second kappa shape index (κ2) is 5.41. The van der Waals surface area contributed by atoms with E-state index in [1.807, 2.05) is 19.9 Å². The van der Waals surface area contributed by atoms with E-state index in [9.17, 15) is 0 Å². The van der Waals surface area contributed by atoms with Crippen LogP contribution in [0.25, 0.3) is 0 Å². The summed E-state index contributed by atoms with van der Waals surface area (Å²) in [7, 11) is 3.24. The molecule has 1 aromatic carbocycles. The van der Waals surface area contributed by atoms with Crippen molar-refractivity contribution in [1.29, 1.82) is 0 Å². The van der Waals surface area contributed by atoms with E-state index in [2.05, 4.69) is 0 Å². The second-order valence-corrected chi connectivity index (χ2v) is 4.17. The Kier molecular flexibility index (Phi) is 4.44. The summed E-state index contributed by atoms with van der Waals surface area (Å²) < 4.78 is 10.6. The van der Waals surface area contributed by atoms with Crippen LogP contribution in [0.3, 0.4) is 0 Å². The van der Waals surface area contributed by atoms with Gasteiger partial charge in [-0.25, -0.2) is 0 Å². The highest BCUT2D eigenvalue weighted by Crippen LogP contribution is 2.41. The minimum absolute atomic E-state index is 0.136. The van der Waals surface area contributed by atoms with Gasteiger partial charge >= 0.3 is 0 Å². The summed E-state index contributed by atoms with van der Waals surface area (Å²) in [6, 6.07) is 1.92. The summed E-state index contributed by atoms with van der Waals surface area (Å²) in [5.41, 5.74) is 7.54. The van der Waals surface area contributed by atoms with Crippen LogP contribution in [0.1, 0.15) is 24.0 Å². The largest absolute Gasteiger partial charge is 0.496 e. The first-order valence-corrected chi connectivity index (χ1v) is 5.55. The van der Waals surface area contributed by atoms with E-state index in [0.29, 0.717) is 17.3 Å². The van der Waals surface area contributed by atoms with Gasteiger partial charge in [0.25, 0.3) is 0 Å². The fourth-order valence-electron chi connectivity index (χ4n) is 1.74. The number of nitrogens with two attached hydrogens (primary N) is 1. The van der Waals surface area contributed by atoms with Crippen molar-refractivity contribution < 1.29 is 9.47 Å². The number of aryl methyl sites for hydroxylation is 1. The summed E-state index contributed by atoms with van der Waals surface area (Å²) in [4.78, 5) is 0. The van der Waals surface area contributed by atoms with Gasteiger partial charge < -0.3 is 15.2 Å². The number of hydrogen-bond donors (Lipinski definition) is 1. The molecule has 1 rings (SSSR count). The first-order chi connectivity index (χ1) is 7.56. The maximum atomic E-state index is 6.31. The van der Waals surface area contributed by atoms with Gasteiger partial charge in [0.1, 0.15) is 11.5 Å². The molecule has 0 radical (unpaired) electrons. The predicted molar refractivity (Wildman–Crippen MR) is 66.8 cm³/mol. The number of halogens is 1. The summed E-state index contributed by atoms with van der Waals surface area (Å²) in [6.45, 7) is 4.46. The van der Waals surface area contributed by atoms with Crippen LogP contribution in [0.15, 0.2) is 6.07 Å². The Morgan fingerprint density at radius 2 is 2.00 bits per heavy atom. The second-order valence-electron chi connectivity index (χ2n) is 3.79. The van der Waals surface area contributed by atoms with Crippen LogP contribution in [0.4, 0.5) is 0 Å². The molecule has 1 unspecified atom stereocenters. The van der Waals surface area contributed by atoms with Crippen molar-refractivity contribution in [1.82, 2.24) is 0 Å². The third-order valence-corrected chi connectivity index (χ3v) is 3.05. The lowest BCUT2D eigenvalue weighted by Crippen LogP contribution is -2.11. The van der Waals surface area contributed by atoms with E-state index < -0.39 is 0 Å². The normalized spacial score (nSPS) is 12.4. The molecule has 0 aliphatic rings. The Hall–Kier alpha value is -0.930. The molecule has 0 saturated heterocycles. The summed E-state index contributed by atoms with van der Waals surface area (Å²) in [5, 5.41) is 0.595. The molecule has 0 saturated carbocycles. The smallest absolute Gasteiger partial charge is 0.140 e. The fraction of sp³-hybridized carbons (Fsp3) is 0.500. The molecule has 0 aromatic heterocycles. The van der Waals surface area contributed by atoms with Gasteiger partial charge in [-0.3, -0.25) is 0 Å². The van der Waals surface area contributed by atoms with E-state index in [4.69, 9.17) is 26.8 Å². The van der Waals surface area contributed by atoms with E-state index in [1.165, 1.54) is 0 Å². The van der Waals surface area contributed by atoms with Gasteiger partial charge in [-0.05, 0) is 31.0 Å². The van der Waals surface area contributed by atoms with E-state index in [0.717, 1.165) is 16.9 Å².